The molecule has 1 aromatic heterocycles. The lowest BCUT2D eigenvalue weighted by atomic mass is 9.65. The topological polar surface area (TPSA) is 103 Å². The van der Waals surface area contributed by atoms with E-state index >= 15 is 0 Å². The molecule has 2 unspecified atom stereocenters. The second kappa shape index (κ2) is 7.88. The van der Waals surface area contributed by atoms with Gasteiger partial charge in [0.15, 0.2) is 5.78 Å². The Bertz CT molecular complexity index is 1180. The molecule has 0 radical (unpaired) electrons. The Morgan fingerprint density at radius 2 is 1.87 bits per heavy atom. The first-order valence-electron chi connectivity index (χ1n) is 9.24. The van der Waals surface area contributed by atoms with E-state index in [-0.39, 0.29) is 5.78 Å². The van der Waals surface area contributed by atoms with Crippen molar-refractivity contribution in [3.8, 4) is 6.07 Å². The summed E-state index contributed by atoms with van der Waals surface area (Å²) in [5.41, 5.74) is -0.245. The Morgan fingerprint density at radius 3 is 2.40 bits per heavy atom. The first-order valence-corrected chi connectivity index (χ1v) is 11.5. The highest BCUT2D eigenvalue weighted by molar-refractivity contribution is 7.88. The van der Waals surface area contributed by atoms with E-state index in [1.165, 1.54) is 0 Å². The number of carbonyl (C=O) groups is 1. The number of allylic oxidation sites excluding steroid dienone is 2. The van der Waals surface area contributed by atoms with Crippen LogP contribution >= 0.6 is 11.6 Å². The van der Waals surface area contributed by atoms with E-state index in [0.717, 1.165) is 11.9 Å². The van der Waals surface area contributed by atoms with Crippen molar-refractivity contribution in [2.45, 2.75) is 25.8 Å². The molecule has 3 rings (SSSR count). The normalized spacial score (nSPS) is 24.0. The molecule has 156 valence electrons. The zero-order chi connectivity index (χ0) is 22.2. The summed E-state index contributed by atoms with van der Waals surface area (Å²) >= 11 is 5.96. The minimum atomic E-state index is -3.60. The van der Waals surface area contributed by atoms with Crippen molar-refractivity contribution in [2.75, 3.05) is 6.26 Å². The summed E-state index contributed by atoms with van der Waals surface area (Å²) in [6, 6.07) is 12.4. The lowest BCUT2D eigenvalue weighted by molar-refractivity contribution is 0.101. The fraction of sp³-hybridized carbons (Fsp3) is 0.273. The number of aromatic amines is 1. The summed E-state index contributed by atoms with van der Waals surface area (Å²) < 4.78 is 26.4. The molecule has 0 saturated carbocycles. The third-order valence-electron chi connectivity index (χ3n) is 5.16. The third kappa shape index (κ3) is 4.57. The average Bonchev–Trinajstić information content (AvgIpc) is 3.15. The fourth-order valence-corrected chi connectivity index (χ4v) is 4.88. The van der Waals surface area contributed by atoms with Crippen LogP contribution in [-0.2, 0) is 16.4 Å². The predicted octanol–water partition coefficient (Wildman–Crippen LogP) is 3.80. The van der Waals surface area contributed by atoms with Crippen LogP contribution in [0.5, 0.6) is 0 Å². The van der Waals surface area contributed by atoms with Crippen LogP contribution in [0.3, 0.4) is 0 Å². The molecule has 6 nitrogen and oxygen atoms in total. The second-order valence-corrected chi connectivity index (χ2v) is 10.1. The van der Waals surface area contributed by atoms with Gasteiger partial charge in [-0.05, 0) is 49.4 Å². The van der Waals surface area contributed by atoms with Gasteiger partial charge in [-0.15, -0.1) is 0 Å². The van der Waals surface area contributed by atoms with Gasteiger partial charge in [0, 0.05) is 45.5 Å². The summed E-state index contributed by atoms with van der Waals surface area (Å²) in [5.74, 6) is -0.289. The minimum absolute atomic E-state index is 0.289. The molecule has 0 saturated heterocycles. The molecule has 0 amide bonds. The zero-order valence-electron chi connectivity index (χ0n) is 16.9. The Hall–Kier alpha value is -2.66. The largest absolute Gasteiger partial charge is 0.365 e. The van der Waals surface area contributed by atoms with E-state index in [4.69, 9.17) is 11.6 Å². The lowest BCUT2D eigenvalue weighted by Crippen LogP contribution is -2.47. The Morgan fingerprint density at radius 1 is 1.20 bits per heavy atom. The van der Waals surface area contributed by atoms with Crippen LogP contribution in [0, 0.1) is 16.7 Å². The van der Waals surface area contributed by atoms with Crippen LogP contribution in [0.25, 0.3) is 0 Å². The number of nitriles is 1. The van der Waals surface area contributed by atoms with Gasteiger partial charge in [0.2, 0.25) is 10.0 Å². The molecule has 2 atom stereocenters. The van der Waals surface area contributed by atoms with Crippen molar-refractivity contribution in [3.05, 3.63) is 82.2 Å². The van der Waals surface area contributed by atoms with Gasteiger partial charge in [0.1, 0.15) is 0 Å². The van der Waals surface area contributed by atoms with Crippen LogP contribution < -0.4 is 4.72 Å². The number of rotatable bonds is 6. The predicted molar refractivity (Wildman–Crippen MR) is 117 cm³/mol. The van der Waals surface area contributed by atoms with Gasteiger partial charge in [-0.25, -0.2) is 13.1 Å². The van der Waals surface area contributed by atoms with Crippen LogP contribution in [0.15, 0.2) is 65.9 Å². The van der Waals surface area contributed by atoms with Gasteiger partial charge in [0.05, 0.1) is 17.9 Å². The summed E-state index contributed by atoms with van der Waals surface area (Å²) in [6.07, 6.45) is 6.38. The number of carbonyl (C=O) groups excluding carboxylic acids is 1. The van der Waals surface area contributed by atoms with Gasteiger partial charge in [0.25, 0.3) is 0 Å². The number of hydrogen-bond donors (Lipinski definition) is 2. The number of H-pyrrole nitrogens is 1. The SMILES string of the molecule is CC1(NS(C)(=O)=O)C=C(C#N)C(C)(Cc2ccc[nH]2)C(C(=O)c2ccc(Cl)cc2)=C1. The number of Topliss-reactive ketones (excluding diaryl/α,β-unsaturated/α-hetero) is 1. The van der Waals surface area contributed by atoms with Crippen LogP contribution in [0.1, 0.15) is 29.9 Å². The highest BCUT2D eigenvalue weighted by Gasteiger charge is 2.44. The van der Waals surface area contributed by atoms with Crippen LogP contribution in [0.2, 0.25) is 5.02 Å². The molecule has 1 aliphatic carbocycles. The van der Waals surface area contributed by atoms with Gasteiger partial charge in [-0.2, -0.15) is 5.26 Å². The number of benzene rings is 1. The van der Waals surface area contributed by atoms with Gasteiger partial charge < -0.3 is 4.98 Å². The van der Waals surface area contributed by atoms with E-state index < -0.39 is 21.0 Å². The molecule has 0 bridgehead atoms. The maximum atomic E-state index is 13.5. The van der Waals surface area contributed by atoms with Gasteiger partial charge in [-0.1, -0.05) is 24.6 Å². The first kappa shape index (κ1) is 22.0. The quantitative estimate of drug-likeness (QED) is 0.662. The smallest absolute Gasteiger partial charge is 0.209 e. The fourth-order valence-electron chi connectivity index (χ4n) is 3.84. The van der Waals surface area contributed by atoms with Crippen molar-refractivity contribution in [1.29, 1.82) is 5.26 Å². The number of halogens is 1. The number of sulfonamides is 1. The van der Waals surface area contributed by atoms with Crippen molar-refractivity contribution < 1.29 is 13.2 Å². The molecule has 1 aromatic carbocycles. The Labute approximate surface area is 181 Å². The van der Waals surface area contributed by atoms with Crippen LogP contribution in [0.4, 0.5) is 0 Å². The molecule has 1 aliphatic rings. The summed E-state index contributed by atoms with van der Waals surface area (Å²) in [6.45, 7) is 3.44. The molecule has 0 aliphatic heterocycles. The highest BCUT2D eigenvalue weighted by atomic mass is 35.5. The van der Waals surface area contributed by atoms with E-state index in [2.05, 4.69) is 15.8 Å². The van der Waals surface area contributed by atoms with E-state index in [0.29, 0.717) is 28.2 Å². The van der Waals surface area contributed by atoms with Crippen molar-refractivity contribution >= 4 is 27.4 Å². The monoisotopic (exact) mass is 443 g/mol. The van der Waals surface area contributed by atoms with E-state index in [1.54, 1.807) is 49.5 Å². The summed E-state index contributed by atoms with van der Waals surface area (Å²) in [5, 5.41) is 10.4. The van der Waals surface area contributed by atoms with Crippen molar-refractivity contribution in [2.24, 2.45) is 5.41 Å². The van der Waals surface area contributed by atoms with E-state index in [9.17, 15) is 18.5 Å². The third-order valence-corrected chi connectivity index (χ3v) is 6.22. The first-order chi connectivity index (χ1) is 14.0. The number of nitrogens with one attached hydrogen (secondary N) is 2. The molecular weight excluding hydrogens is 422 g/mol. The summed E-state index contributed by atoms with van der Waals surface area (Å²) in [4.78, 5) is 16.7. The molecule has 2 N–H and O–H groups in total. The number of nitrogens with zero attached hydrogens (tertiary/aromatic N) is 1. The van der Waals surface area contributed by atoms with Crippen LogP contribution in [-0.4, -0.2) is 31.0 Å². The molecule has 30 heavy (non-hydrogen) atoms. The van der Waals surface area contributed by atoms with Gasteiger partial charge in [-0.3, -0.25) is 4.79 Å². The molecule has 0 fully saturated rings. The van der Waals surface area contributed by atoms with E-state index in [1.807, 2.05) is 19.1 Å². The molecule has 2 aromatic rings. The maximum absolute atomic E-state index is 13.5. The Balaban J connectivity index is 2.18. The van der Waals surface area contributed by atoms with Crippen molar-refractivity contribution in [1.82, 2.24) is 9.71 Å². The molecule has 8 heteroatoms. The lowest BCUT2D eigenvalue weighted by Gasteiger charge is -2.39. The van der Waals surface area contributed by atoms with Crippen molar-refractivity contribution in [3.63, 3.8) is 0 Å². The maximum Gasteiger partial charge on any atom is 0.209 e. The number of hydrogen-bond acceptors (Lipinski definition) is 4. The molecule has 0 spiro atoms. The minimum Gasteiger partial charge on any atom is -0.365 e. The average molecular weight is 444 g/mol. The number of aromatic nitrogens is 1. The zero-order valence-corrected chi connectivity index (χ0v) is 18.4. The van der Waals surface area contributed by atoms with Gasteiger partial charge >= 0.3 is 0 Å². The second-order valence-electron chi connectivity index (χ2n) is 7.93. The highest BCUT2D eigenvalue weighted by Crippen LogP contribution is 2.45. The standard InChI is InChI=1S/C22H22ClN3O3S/c1-21(26-30(3,28)29)11-16(14-24)22(2,12-18-5-4-10-25-18)19(13-21)20(27)15-6-8-17(23)9-7-15/h4-11,13,25-26H,12H2,1-3H3. The molecular formula is C22H22ClN3O3S. The Kier molecular flexibility index (Phi) is 5.79. The molecule has 1 heterocycles. The number of ketones is 1. The summed E-state index contributed by atoms with van der Waals surface area (Å²) in [7, 11) is -3.60.